The van der Waals surface area contributed by atoms with Gasteiger partial charge >= 0.3 is 0 Å². The van der Waals surface area contributed by atoms with Gasteiger partial charge in [-0.3, -0.25) is 19.6 Å². The highest BCUT2D eigenvalue weighted by molar-refractivity contribution is 5.93. The minimum Gasteiger partial charge on any atom is -0.361 e. The fraction of sp³-hybridized carbons (Fsp3) is 0.294. The van der Waals surface area contributed by atoms with Crippen LogP contribution in [0.2, 0.25) is 0 Å². The number of benzene rings is 1. The largest absolute Gasteiger partial charge is 0.361 e. The zero-order valence-electron chi connectivity index (χ0n) is 13.2. The number of carbonyl (C=O) groups excluding carboxylic acids is 1. The van der Waals surface area contributed by atoms with Crippen LogP contribution in [0.4, 0.5) is 11.4 Å². The van der Waals surface area contributed by atoms with Gasteiger partial charge in [0.25, 0.3) is 5.91 Å². The van der Waals surface area contributed by atoms with Crippen molar-refractivity contribution in [3.63, 3.8) is 0 Å². The van der Waals surface area contributed by atoms with Gasteiger partial charge in [0.05, 0.1) is 5.56 Å². The molecule has 1 aromatic heterocycles. The summed E-state index contributed by atoms with van der Waals surface area (Å²) in [5.41, 5.74) is 2.91. The minimum absolute atomic E-state index is 0.105. The van der Waals surface area contributed by atoms with Crippen LogP contribution >= 0.6 is 0 Å². The summed E-state index contributed by atoms with van der Waals surface area (Å²) in [6.45, 7) is 4.53. The number of anilines is 1. The van der Waals surface area contributed by atoms with E-state index in [1.165, 1.54) is 10.6 Å². The minimum atomic E-state index is -0.105. The quantitative estimate of drug-likeness (QED) is 0.826. The third kappa shape index (κ3) is 3.49. The maximum absolute atomic E-state index is 12.2. The van der Waals surface area contributed by atoms with Crippen molar-refractivity contribution in [1.82, 2.24) is 10.3 Å². The second-order valence-corrected chi connectivity index (χ2v) is 5.36. The van der Waals surface area contributed by atoms with E-state index in [1.807, 2.05) is 19.1 Å². The lowest BCUT2D eigenvalue weighted by Crippen LogP contribution is -3.08. The number of nitrogens with one attached hydrogen (secondary N) is 2. The summed E-state index contributed by atoms with van der Waals surface area (Å²) in [5.74, 6) is -0.105. The van der Waals surface area contributed by atoms with Crippen LogP contribution in [-0.2, 0) is 4.74 Å². The molecular formula is C17H21N4O2+. The van der Waals surface area contributed by atoms with Crippen molar-refractivity contribution in [2.24, 2.45) is 0 Å². The third-order valence-electron chi connectivity index (χ3n) is 3.84. The molecule has 2 N–H and O–H groups in total. The Morgan fingerprint density at radius 2 is 2.22 bits per heavy atom. The Kier molecular flexibility index (Phi) is 4.85. The topological polar surface area (TPSA) is 58.9 Å². The van der Waals surface area contributed by atoms with Crippen LogP contribution in [0.25, 0.3) is 0 Å². The van der Waals surface area contributed by atoms with E-state index in [1.54, 1.807) is 24.5 Å². The summed E-state index contributed by atoms with van der Waals surface area (Å²) in [4.78, 5) is 19.5. The van der Waals surface area contributed by atoms with E-state index < -0.39 is 0 Å². The lowest BCUT2D eigenvalue weighted by atomic mass is 10.2. The smallest absolute Gasteiger partial charge is 0.257 e. The number of amides is 1. The highest BCUT2D eigenvalue weighted by atomic mass is 16.5. The van der Waals surface area contributed by atoms with Gasteiger partial charge in [-0.2, -0.15) is 0 Å². The summed E-state index contributed by atoms with van der Waals surface area (Å²) in [6, 6.07) is 11.7. The normalized spacial score (nSPS) is 16.2. The van der Waals surface area contributed by atoms with Gasteiger partial charge in [0.2, 0.25) is 0 Å². The van der Waals surface area contributed by atoms with Gasteiger partial charge in [0.15, 0.2) is 19.0 Å². The second kappa shape index (κ2) is 7.21. The molecule has 0 fully saturated rings. The average Bonchev–Trinajstić information content (AvgIpc) is 2.96. The number of rotatable bonds is 6. The van der Waals surface area contributed by atoms with E-state index in [0.717, 1.165) is 12.4 Å². The number of carbonyl (C=O) groups is 1. The molecule has 0 saturated heterocycles. The van der Waals surface area contributed by atoms with Crippen LogP contribution in [-0.4, -0.2) is 37.6 Å². The van der Waals surface area contributed by atoms with Crippen molar-refractivity contribution < 1.29 is 14.4 Å². The van der Waals surface area contributed by atoms with Crippen molar-refractivity contribution in [1.29, 1.82) is 0 Å². The molecule has 0 spiro atoms. The highest BCUT2D eigenvalue weighted by Crippen LogP contribution is 2.25. The molecule has 1 amide bonds. The molecule has 0 radical (unpaired) electrons. The van der Waals surface area contributed by atoms with E-state index in [2.05, 4.69) is 27.3 Å². The van der Waals surface area contributed by atoms with Crippen molar-refractivity contribution in [3.8, 4) is 0 Å². The molecule has 3 rings (SSSR count). The lowest BCUT2D eigenvalue weighted by molar-refractivity contribution is -0.828. The molecule has 0 saturated carbocycles. The molecule has 23 heavy (non-hydrogen) atoms. The SMILES string of the molecule is CCOCN1C[NH+](CNC(=O)c2cccnc2)c2ccccc21. The zero-order chi connectivity index (χ0) is 16.1. The molecule has 1 unspecified atom stereocenters. The number of fused-ring (bicyclic) bond motifs is 1. The van der Waals surface area contributed by atoms with Gasteiger partial charge in [-0.15, -0.1) is 0 Å². The molecule has 120 valence electrons. The number of hydrogen-bond donors (Lipinski definition) is 2. The van der Waals surface area contributed by atoms with Crippen molar-refractivity contribution in [3.05, 3.63) is 54.4 Å². The predicted molar refractivity (Wildman–Crippen MR) is 87.5 cm³/mol. The van der Waals surface area contributed by atoms with Crippen LogP contribution in [0, 0.1) is 0 Å². The Hall–Kier alpha value is -2.44. The van der Waals surface area contributed by atoms with Gasteiger partial charge in [0, 0.05) is 25.1 Å². The van der Waals surface area contributed by atoms with E-state index in [0.29, 0.717) is 25.6 Å². The lowest BCUT2D eigenvalue weighted by Gasteiger charge is -2.17. The van der Waals surface area contributed by atoms with Crippen LogP contribution in [0.3, 0.4) is 0 Å². The number of aromatic nitrogens is 1. The number of ether oxygens (including phenoxy) is 1. The van der Waals surface area contributed by atoms with Crippen molar-refractivity contribution in [2.45, 2.75) is 6.92 Å². The van der Waals surface area contributed by atoms with Gasteiger partial charge in [-0.05, 0) is 25.1 Å². The molecular weight excluding hydrogens is 292 g/mol. The van der Waals surface area contributed by atoms with Crippen LogP contribution in [0.15, 0.2) is 48.8 Å². The summed E-state index contributed by atoms with van der Waals surface area (Å²) < 4.78 is 5.53. The first-order chi connectivity index (χ1) is 11.3. The van der Waals surface area contributed by atoms with Crippen LogP contribution in [0.1, 0.15) is 17.3 Å². The Balaban J connectivity index is 1.66. The average molecular weight is 313 g/mol. The molecule has 2 aromatic rings. The van der Waals surface area contributed by atoms with Gasteiger partial charge < -0.3 is 10.1 Å². The van der Waals surface area contributed by atoms with Crippen molar-refractivity contribution in [2.75, 3.05) is 31.6 Å². The Morgan fingerprint density at radius 1 is 1.35 bits per heavy atom. The molecule has 0 bridgehead atoms. The van der Waals surface area contributed by atoms with E-state index >= 15 is 0 Å². The maximum atomic E-state index is 12.2. The van der Waals surface area contributed by atoms with Crippen molar-refractivity contribution >= 4 is 17.3 Å². The van der Waals surface area contributed by atoms with E-state index in [9.17, 15) is 4.79 Å². The van der Waals surface area contributed by atoms with Gasteiger partial charge in [-0.25, -0.2) is 0 Å². The number of para-hydroxylation sites is 2. The first-order valence-corrected chi connectivity index (χ1v) is 7.74. The first kappa shape index (κ1) is 15.5. The maximum Gasteiger partial charge on any atom is 0.257 e. The number of pyridine rings is 1. The predicted octanol–water partition coefficient (Wildman–Crippen LogP) is 0.757. The Morgan fingerprint density at radius 3 is 3.00 bits per heavy atom. The Bertz CT molecular complexity index is 663. The summed E-state index contributed by atoms with van der Waals surface area (Å²) in [7, 11) is 0. The van der Waals surface area contributed by atoms with Crippen LogP contribution in [0.5, 0.6) is 0 Å². The number of nitrogens with zero attached hydrogens (tertiary/aromatic N) is 2. The Labute approximate surface area is 135 Å². The van der Waals surface area contributed by atoms with E-state index in [-0.39, 0.29) is 5.91 Å². The van der Waals surface area contributed by atoms with Crippen LogP contribution < -0.4 is 15.1 Å². The fourth-order valence-electron chi connectivity index (χ4n) is 2.70. The molecule has 1 aliphatic rings. The molecule has 6 heteroatoms. The number of quaternary nitrogens is 1. The zero-order valence-corrected chi connectivity index (χ0v) is 13.2. The standard InChI is InChI=1S/C17H20N4O2/c1-2-23-13-21-12-20(15-7-3-4-8-16(15)21)11-19-17(22)14-6-5-9-18-10-14/h3-10H,2,11-13H2,1H3,(H,19,22)/p+1. The summed E-state index contributed by atoms with van der Waals surface area (Å²) in [5, 5.41) is 2.97. The molecule has 0 aliphatic carbocycles. The second-order valence-electron chi connectivity index (χ2n) is 5.36. The molecule has 6 nitrogen and oxygen atoms in total. The highest BCUT2D eigenvalue weighted by Gasteiger charge is 2.30. The molecule has 2 heterocycles. The summed E-state index contributed by atoms with van der Waals surface area (Å²) >= 11 is 0. The molecule has 1 atom stereocenters. The number of hydrogen-bond acceptors (Lipinski definition) is 4. The fourth-order valence-corrected chi connectivity index (χ4v) is 2.70. The molecule has 1 aliphatic heterocycles. The summed E-state index contributed by atoms with van der Waals surface area (Å²) in [6.07, 6.45) is 3.23. The van der Waals surface area contributed by atoms with E-state index in [4.69, 9.17) is 4.74 Å². The van der Waals surface area contributed by atoms with Gasteiger partial charge in [0.1, 0.15) is 12.4 Å². The first-order valence-electron chi connectivity index (χ1n) is 7.74. The monoisotopic (exact) mass is 313 g/mol. The van der Waals surface area contributed by atoms with Gasteiger partial charge in [-0.1, -0.05) is 12.1 Å². The molecule has 1 aromatic carbocycles. The third-order valence-corrected chi connectivity index (χ3v) is 3.84.